The van der Waals surface area contributed by atoms with E-state index in [1.165, 1.54) is 11.8 Å². The van der Waals surface area contributed by atoms with Crippen molar-refractivity contribution in [1.82, 2.24) is 4.98 Å². The average Bonchev–Trinajstić information content (AvgIpc) is 2.40. The molecule has 1 atom stereocenters. The Hall–Kier alpha value is -1.74. The third-order valence-corrected chi connectivity index (χ3v) is 3.03. The highest BCUT2D eigenvalue weighted by Gasteiger charge is 2.10. The molecule has 0 radical (unpaired) electrons. The number of benzene rings is 1. The van der Waals surface area contributed by atoms with Crippen LogP contribution >= 0.6 is 0 Å². The number of rotatable bonds is 5. The minimum Gasteiger partial charge on any atom is -0.324 e. The lowest BCUT2D eigenvalue weighted by Gasteiger charge is -2.12. The van der Waals surface area contributed by atoms with E-state index in [2.05, 4.69) is 17.1 Å². The largest absolute Gasteiger partial charge is 0.324 e. The van der Waals surface area contributed by atoms with E-state index in [0.717, 1.165) is 19.3 Å². The molecule has 0 saturated carbocycles. The summed E-state index contributed by atoms with van der Waals surface area (Å²) < 4.78 is 13.4. The summed E-state index contributed by atoms with van der Waals surface area (Å²) in [5.74, 6) is -0.315. The minimum atomic E-state index is -0.315. The van der Waals surface area contributed by atoms with E-state index in [9.17, 15) is 4.39 Å². The maximum absolute atomic E-state index is 13.4. The highest BCUT2D eigenvalue weighted by molar-refractivity contribution is 5.17. The molecule has 3 heteroatoms. The van der Waals surface area contributed by atoms with Gasteiger partial charge in [-0.2, -0.15) is 0 Å². The van der Waals surface area contributed by atoms with Crippen molar-refractivity contribution in [3.63, 3.8) is 0 Å². The SMILES string of the molecule is NC(CCCc1ccccc1)c1ccncc1F. The Morgan fingerprint density at radius 3 is 2.67 bits per heavy atom. The van der Waals surface area contributed by atoms with Crippen LogP contribution in [0.1, 0.15) is 30.0 Å². The maximum Gasteiger partial charge on any atom is 0.146 e. The van der Waals surface area contributed by atoms with E-state index in [0.29, 0.717) is 5.56 Å². The van der Waals surface area contributed by atoms with Gasteiger partial charge in [-0.15, -0.1) is 0 Å². The molecule has 1 aromatic carbocycles. The Labute approximate surface area is 107 Å². The van der Waals surface area contributed by atoms with E-state index in [4.69, 9.17) is 5.73 Å². The summed E-state index contributed by atoms with van der Waals surface area (Å²) in [4.78, 5) is 3.72. The molecule has 0 amide bonds. The highest BCUT2D eigenvalue weighted by atomic mass is 19.1. The number of halogens is 1. The van der Waals surface area contributed by atoms with E-state index < -0.39 is 0 Å². The van der Waals surface area contributed by atoms with Gasteiger partial charge in [0.1, 0.15) is 5.82 Å². The molecule has 2 nitrogen and oxygen atoms in total. The van der Waals surface area contributed by atoms with E-state index in [1.54, 1.807) is 12.3 Å². The summed E-state index contributed by atoms with van der Waals surface area (Å²) in [5.41, 5.74) is 7.84. The first-order chi connectivity index (χ1) is 8.77. The zero-order valence-corrected chi connectivity index (χ0v) is 10.2. The highest BCUT2D eigenvalue weighted by Crippen LogP contribution is 2.19. The zero-order chi connectivity index (χ0) is 12.8. The van der Waals surface area contributed by atoms with Gasteiger partial charge in [-0.25, -0.2) is 4.39 Å². The van der Waals surface area contributed by atoms with Gasteiger partial charge in [0.2, 0.25) is 0 Å². The van der Waals surface area contributed by atoms with Crippen LogP contribution in [0.3, 0.4) is 0 Å². The van der Waals surface area contributed by atoms with Crippen molar-refractivity contribution in [3.8, 4) is 0 Å². The van der Waals surface area contributed by atoms with Crippen molar-refractivity contribution in [2.45, 2.75) is 25.3 Å². The van der Waals surface area contributed by atoms with E-state index in [1.807, 2.05) is 18.2 Å². The molecule has 0 bridgehead atoms. The molecule has 1 aromatic heterocycles. The second-order valence-corrected chi connectivity index (χ2v) is 4.38. The van der Waals surface area contributed by atoms with Crippen LogP contribution in [0, 0.1) is 5.82 Å². The monoisotopic (exact) mass is 244 g/mol. The number of nitrogens with zero attached hydrogens (tertiary/aromatic N) is 1. The molecule has 94 valence electrons. The molecule has 2 N–H and O–H groups in total. The second kappa shape index (κ2) is 6.26. The number of aromatic nitrogens is 1. The molecular weight excluding hydrogens is 227 g/mol. The Morgan fingerprint density at radius 1 is 1.17 bits per heavy atom. The van der Waals surface area contributed by atoms with Gasteiger partial charge >= 0.3 is 0 Å². The van der Waals surface area contributed by atoms with Gasteiger partial charge in [0.05, 0.1) is 6.20 Å². The van der Waals surface area contributed by atoms with Crippen LogP contribution in [0.4, 0.5) is 4.39 Å². The molecule has 1 unspecified atom stereocenters. The van der Waals surface area contributed by atoms with Gasteiger partial charge in [-0.3, -0.25) is 4.98 Å². The molecular formula is C15H17FN2. The van der Waals surface area contributed by atoms with E-state index in [-0.39, 0.29) is 11.9 Å². The number of aryl methyl sites for hydroxylation is 1. The summed E-state index contributed by atoms with van der Waals surface area (Å²) in [6.45, 7) is 0. The molecule has 0 spiro atoms. The first-order valence-electron chi connectivity index (χ1n) is 6.16. The smallest absolute Gasteiger partial charge is 0.146 e. The summed E-state index contributed by atoms with van der Waals surface area (Å²) in [7, 11) is 0. The first-order valence-corrected chi connectivity index (χ1v) is 6.16. The second-order valence-electron chi connectivity index (χ2n) is 4.38. The Bertz CT molecular complexity index is 485. The predicted molar refractivity (Wildman–Crippen MR) is 70.5 cm³/mol. The van der Waals surface area contributed by atoms with Crippen LogP contribution in [0.5, 0.6) is 0 Å². The normalized spacial score (nSPS) is 12.3. The topological polar surface area (TPSA) is 38.9 Å². The van der Waals surface area contributed by atoms with Crippen LogP contribution in [0.2, 0.25) is 0 Å². The fourth-order valence-electron chi connectivity index (χ4n) is 2.01. The van der Waals surface area contributed by atoms with Crippen LogP contribution in [0.25, 0.3) is 0 Å². The van der Waals surface area contributed by atoms with Crippen molar-refractivity contribution in [2.24, 2.45) is 5.73 Å². The Balaban J connectivity index is 1.86. The third kappa shape index (κ3) is 3.37. The zero-order valence-electron chi connectivity index (χ0n) is 10.2. The van der Waals surface area contributed by atoms with Crippen molar-refractivity contribution in [2.75, 3.05) is 0 Å². The van der Waals surface area contributed by atoms with Gasteiger partial charge < -0.3 is 5.73 Å². The predicted octanol–water partition coefficient (Wildman–Crippen LogP) is 3.24. The fraction of sp³-hybridized carbons (Fsp3) is 0.267. The van der Waals surface area contributed by atoms with Crippen molar-refractivity contribution >= 4 is 0 Å². The quantitative estimate of drug-likeness (QED) is 0.877. The van der Waals surface area contributed by atoms with Crippen molar-refractivity contribution in [1.29, 1.82) is 0 Å². The molecule has 0 saturated heterocycles. The molecule has 0 aliphatic rings. The average molecular weight is 244 g/mol. The number of pyridine rings is 1. The molecule has 2 rings (SSSR count). The van der Waals surface area contributed by atoms with E-state index >= 15 is 0 Å². The lowest BCUT2D eigenvalue weighted by molar-refractivity contribution is 0.547. The van der Waals surface area contributed by atoms with Gasteiger partial charge in [-0.1, -0.05) is 30.3 Å². The Kier molecular flexibility index (Phi) is 4.42. The molecule has 2 aromatic rings. The Morgan fingerprint density at radius 2 is 1.94 bits per heavy atom. The molecule has 18 heavy (non-hydrogen) atoms. The van der Waals surface area contributed by atoms with Gasteiger partial charge in [-0.05, 0) is 30.9 Å². The van der Waals surface area contributed by atoms with Crippen molar-refractivity contribution < 1.29 is 4.39 Å². The first kappa shape index (κ1) is 12.7. The third-order valence-electron chi connectivity index (χ3n) is 3.03. The summed E-state index contributed by atoms with van der Waals surface area (Å²) >= 11 is 0. The van der Waals surface area contributed by atoms with Crippen LogP contribution in [-0.2, 0) is 6.42 Å². The summed E-state index contributed by atoms with van der Waals surface area (Å²) in [5, 5.41) is 0. The molecule has 0 aliphatic carbocycles. The van der Waals surface area contributed by atoms with Gasteiger partial charge in [0.25, 0.3) is 0 Å². The standard InChI is InChI=1S/C15H17FN2/c16-14-11-18-10-9-13(14)15(17)8-4-7-12-5-2-1-3-6-12/h1-3,5-6,9-11,15H,4,7-8,17H2. The number of nitrogens with two attached hydrogens (primary N) is 1. The number of hydrogen-bond donors (Lipinski definition) is 1. The lowest BCUT2D eigenvalue weighted by Crippen LogP contribution is -2.12. The summed E-state index contributed by atoms with van der Waals surface area (Å²) in [6.07, 6.45) is 5.49. The summed E-state index contributed by atoms with van der Waals surface area (Å²) in [6, 6.07) is 11.6. The molecule has 0 fully saturated rings. The lowest BCUT2D eigenvalue weighted by atomic mass is 10.0. The number of hydrogen-bond acceptors (Lipinski definition) is 2. The van der Waals surface area contributed by atoms with Gasteiger partial charge in [0.15, 0.2) is 0 Å². The molecule has 1 heterocycles. The molecule has 0 aliphatic heterocycles. The van der Waals surface area contributed by atoms with Crippen LogP contribution in [0.15, 0.2) is 48.8 Å². The fourth-order valence-corrected chi connectivity index (χ4v) is 2.01. The van der Waals surface area contributed by atoms with Crippen LogP contribution < -0.4 is 5.73 Å². The minimum absolute atomic E-state index is 0.253. The van der Waals surface area contributed by atoms with Crippen LogP contribution in [-0.4, -0.2) is 4.98 Å². The maximum atomic E-state index is 13.4. The van der Waals surface area contributed by atoms with Crippen molar-refractivity contribution in [3.05, 3.63) is 65.7 Å². The van der Waals surface area contributed by atoms with Gasteiger partial charge in [0, 0.05) is 17.8 Å².